The molecule has 0 aliphatic carbocycles. The molecule has 0 bridgehead atoms. The highest BCUT2D eigenvalue weighted by molar-refractivity contribution is 5.95. The Morgan fingerprint density at radius 3 is 2.96 bits per heavy atom. The molecule has 4 rings (SSSR count). The van der Waals surface area contributed by atoms with Crippen LogP contribution in [-0.2, 0) is 6.54 Å². The summed E-state index contributed by atoms with van der Waals surface area (Å²) in [6.07, 6.45) is 4.88. The lowest BCUT2D eigenvalue weighted by atomic mass is 10.1. The first-order valence-corrected chi connectivity index (χ1v) is 7.68. The number of aromatic nitrogens is 4. The molecule has 25 heavy (non-hydrogen) atoms. The van der Waals surface area contributed by atoms with Crippen molar-refractivity contribution < 1.29 is 4.39 Å². The number of hydrogen-bond donors (Lipinski definition) is 1. The van der Waals surface area contributed by atoms with E-state index in [1.165, 1.54) is 18.3 Å². The van der Waals surface area contributed by atoms with Crippen LogP contribution in [-0.4, -0.2) is 19.6 Å². The van der Waals surface area contributed by atoms with Crippen LogP contribution in [0.2, 0.25) is 0 Å². The summed E-state index contributed by atoms with van der Waals surface area (Å²) in [5.74, 6) is -0.358. The first-order valence-electron chi connectivity index (χ1n) is 7.68. The van der Waals surface area contributed by atoms with Crippen molar-refractivity contribution in [1.29, 1.82) is 5.26 Å². The van der Waals surface area contributed by atoms with E-state index in [1.54, 1.807) is 23.8 Å². The molecule has 7 heteroatoms. The molecule has 0 unspecified atom stereocenters. The second kappa shape index (κ2) is 5.83. The van der Waals surface area contributed by atoms with Crippen LogP contribution in [0.3, 0.4) is 0 Å². The van der Waals surface area contributed by atoms with Crippen molar-refractivity contribution in [2.24, 2.45) is 0 Å². The van der Waals surface area contributed by atoms with Gasteiger partial charge in [-0.1, -0.05) is 0 Å². The third-order valence-electron chi connectivity index (χ3n) is 4.06. The number of nitrogens with one attached hydrogen (secondary N) is 1. The van der Waals surface area contributed by atoms with Crippen molar-refractivity contribution in [3.8, 4) is 6.07 Å². The van der Waals surface area contributed by atoms with Gasteiger partial charge >= 0.3 is 0 Å². The summed E-state index contributed by atoms with van der Waals surface area (Å²) >= 11 is 0. The molecule has 0 aliphatic heterocycles. The van der Waals surface area contributed by atoms with Gasteiger partial charge in [0, 0.05) is 23.8 Å². The average Bonchev–Trinajstić information content (AvgIpc) is 3.08. The fraction of sp³-hybridized carbons (Fsp3) is 0.111. The number of fused-ring (bicyclic) bond motifs is 2. The molecule has 4 aromatic rings. The molecule has 0 amide bonds. The maximum Gasteiger partial charge on any atom is 0.155 e. The highest BCUT2D eigenvalue weighted by Gasteiger charge is 2.12. The highest BCUT2D eigenvalue weighted by atomic mass is 19.1. The van der Waals surface area contributed by atoms with E-state index in [-0.39, 0.29) is 5.82 Å². The van der Waals surface area contributed by atoms with Crippen LogP contribution in [0.25, 0.3) is 16.6 Å². The topological polar surface area (TPSA) is 78.9 Å². The van der Waals surface area contributed by atoms with Crippen molar-refractivity contribution >= 4 is 22.2 Å². The van der Waals surface area contributed by atoms with Gasteiger partial charge in [-0.05, 0) is 30.7 Å². The van der Waals surface area contributed by atoms with Gasteiger partial charge in [0.15, 0.2) is 5.65 Å². The number of aryl methyl sites for hydroxylation is 1. The van der Waals surface area contributed by atoms with Crippen LogP contribution >= 0.6 is 0 Å². The SMILES string of the molecule is Cc1cc(F)cc2c(NCc3ccnc4ccnn34)c(C#N)cnc12. The van der Waals surface area contributed by atoms with E-state index in [0.717, 1.165) is 16.9 Å². The van der Waals surface area contributed by atoms with Crippen molar-refractivity contribution in [3.63, 3.8) is 0 Å². The zero-order valence-electron chi connectivity index (χ0n) is 13.4. The first kappa shape index (κ1) is 15.0. The summed E-state index contributed by atoms with van der Waals surface area (Å²) in [5.41, 5.74) is 3.93. The molecule has 6 nitrogen and oxygen atoms in total. The van der Waals surface area contributed by atoms with Gasteiger partial charge in [-0.2, -0.15) is 10.4 Å². The monoisotopic (exact) mass is 332 g/mol. The fourth-order valence-electron chi connectivity index (χ4n) is 2.91. The maximum atomic E-state index is 13.9. The van der Waals surface area contributed by atoms with Gasteiger partial charge < -0.3 is 5.32 Å². The Balaban J connectivity index is 1.81. The smallest absolute Gasteiger partial charge is 0.155 e. The second-order valence-electron chi connectivity index (χ2n) is 5.67. The number of benzene rings is 1. The largest absolute Gasteiger partial charge is 0.378 e. The number of halogens is 1. The first-order chi connectivity index (χ1) is 12.2. The van der Waals surface area contributed by atoms with Crippen LogP contribution in [0.5, 0.6) is 0 Å². The summed E-state index contributed by atoms with van der Waals surface area (Å²) in [7, 11) is 0. The Morgan fingerprint density at radius 2 is 2.12 bits per heavy atom. The number of pyridine rings is 1. The highest BCUT2D eigenvalue weighted by Crippen LogP contribution is 2.29. The molecule has 1 N–H and O–H groups in total. The third kappa shape index (κ3) is 2.54. The zero-order chi connectivity index (χ0) is 17.4. The van der Waals surface area contributed by atoms with E-state index >= 15 is 0 Å². The van der Waals surface area contributed by atoms with Crippen LogP contribution in [0.4, 0.5) is 10.1 Å². The number of nitriles is 1. The molecule has 122 valence electrons. The van der Waals surface area contributed by atoms with E-state index < -0.39 is 0 Å². The molecule has 0 saturated heterocycles. The predicted molar refractivity (Wildman–Crippen MR) is 91.5 cm³/mol. The normalized spacial score (nSPS) is 10.9. The minimum atomic E-state index is -0.358. The third-order valence-corrected chi connectivity index (χ3v) is 4.06. The molecule has 0 spiro atoms. The quantitative estimate of drug-likeness (QED) is 0.623. The van der Waals surface area contributed by atoms with E-state index in [9.17, 15) is 9.65 Å². The van der Waals surface area contributed by atoms with E-state index in [1.807, 2.05) is 12.1 Å². The molecule has 3 aromatic heterocycles. The summed E-state index contributed by atoms with van der Waals surface area (Å²) in [4.78, 5) is 8.52. The molecule has 3 heterocycles. The number of rotatable bonds is 3. The van der Waals surface area contributed by atoms with E-state index in [4.69, 9.17) is 0 Å². The molecule has 0 atom stereocenters. The van der Waals surface area contributed by atoms with Crippen LogP contribution < -0.4 is 5.32 Å². The van der Waals surface area contributed by atoms with Crippen LogP contribution in [0.15, 0.2) is 42.9 Å². The molecule has 1 aromatic carbocycles. The molecule has 0 saturated carbocycles. The minimum Gasteiger partial charge on any atom is -0.378 e. The van der Waals surface area contributed by atoms with Crippen molar-refractivity contribution in [1.82, 2.24) is 19.6 Å². The summed E-state index contributed by atoms with van der Waals surface area (Å²) < 4.78 is 15.6. The molecular formula is C18H13FN6. The van der Waals surface area contributed by atoms with Gasteiger partial charge in [0.05, 0.1) is 35.2 Å². The molecule has 0 aliphatic rings. The van der Waals surface area contributed by atoms with Gasteiger partial charge in [-0.25, -0.2) is 13.9 Å². The van der Waals surface area contributed by atoms with Gasteiger partial charge in [0.2, 0.25) is 0 Å². The number of anilines is 1. The molecular weight excluding hydrogens is 319 g/mol. The lowest BCUT2D eigenvalue weighted by molar-refractivity contribution is 0.628. The maximum absolute atomic E-state index is 13.9. The van der Waals surface area contributed by atoms with Gasteiger partial charge in [0.1, 0.15) is 11.9 Å². The number of nitrogens with zero attached hydrogens (tertiary/aromatic N) is 5. The Hall–Kier alpha value is -3.53. The Kier molecular flexibility index (Phi) is 3.51. The van der Waals surface area contributed by atoms with Gasteiger partial charge in [0.25, 0.3) is 0 Å². The minimum absolute atomic E-state index is 0.358. The van der Waals surface area contributed by atoms with Gasteiger partial charge in [-0.3, -0.25) is 4.98 Å². The fourth-order valence-corrected chi connectivity index (χ4v) is 2.91. The second-order valence-corrected chi connectivity index (χ2v) is 5.67. The van der Waals surface area contributed by atoms with E-state index in [2.05, 4.69) is 26.5 Å². The lowest BCUT2D eigenvalue weighted by Crippen LogP contribution is -2.08. The van der Waals surface area contributed by atoms with Crippen molar-refractivity contribution in [3.05, 3.63) is 65.5 Å². The summed E-state index contributed by atoms with van der Waals surface area (Å²) in [6, 6.07) is 8.59. The summed E-state index contributed by atoms with van der Waals surface area (Å²) in [6.45, 7) is 2.20. The molecule has 0 radical (unpaired) electrons. The van der Waals surface area contributed by atoms with Crippen molar-refractivity contribution in [2.75, 3.05) is 5.32 Å². The lowest BCUT2D eigenvalue weighted by Gasteiger charge is -2.13. The molecule has 0 fully saturated rings. The Morgan fingerprint density at radius 1 is 1.24 bits per heavy atom. The van der Waals surface area contributed by atoms with Crippen molar-refractivity contribution in [2.45, 2.75) is 13.5 Å². The number of hydrogen-bond acceptors (Lipinski definition) is 5. The Bertz CT molecular complexity index is 1140. The van der Waals surface area contributed by atoms with Crippen LogP contribution in [0, 0.1) is 24.1 Å². The summed E-state index contributed by atoms with van der Waals surface area (Å²) in [5, 5.41) is 17.5. The standard InChI is InChI=1S/C18H13FN6/c1-11-6-13(19)7-15-17(11)22-9-12(8-20)18(15)23-10-14-2-4-21-16-3-5-24-25(14)16/h2-7,9H,10H2,1H3,(H,22,23). The average molecular weight is 332 g/mol. The van der Waals surface area contributed by atoms with Crippen LogP contribution in [0.1, 0.15) is 16.8 Å². The van der Waals surface area contributed by atoms with Gasteiger partial charge in [-0.15, -0.1) is 0 Å². The Labute approximate surface area is 142 Å². The van der Waals surface area contributed by atoms with E-state index in [0.29, 0.717) is 28.7 Å². The predicted octanol–water partition coefficient (Wildman–Crippen LogP) is 3.21. The zero-order valence-corrected chi connectivity index (χ0v) is 13.4.